The summed E-state index contributed by atoms with van der Waals surface area (Å²) in [6, 6.07) is 6.12. The lowest BCUT2D eigenvalue weighted by Gasteiger charge is -2.31. The molecule has 1 amide bonds. The Labute approximate surface area is 159 Å². The molecular weight excluding hydrogens is 370 g/mol. The van der Waals surface area contributed by atoms with E-state index < -0.39 is 27.5 Å². The van der Waals surface area contributed by atoms with Gasteiger partial charge in [-0.15, -0.1) is 0 Å². The third-order valence-electron chi connectivity index (χ3n) is 5.64. The maximum Gasteiger partial charge on any atom is 0.223 e. The second kappa shape index (κ2) is 7.77. The van der Waals surface area contributed by atoms with Crippen LogP contribution in [0.15, 0.2) is 29.2 Å². The first-order valence-electron chi connectivity index (χ1n) is 9.25. The number of benzene rings is 1. The minimum absolute atomic E-state index is 0.0222. The second-order valence-corrected chi connectivity index (χ2v) is 9.94. The number of carbonyl (C=O) groups excluding carboxylic acids is 1. The zero-order chi connectivity index (χ0) is 19.7. The van der Waals surface area contributed by atoms with Crippen molar-refractivity contribution in [2.75, 3.05) is 19.4 Å². The molecule has 1 aromatic rings. The number of aliphatic hydroxyl groups is 2. The standard InChI is InChI=1S/C19H27NO6S/c1-27(24,25)15-7-5-14(6-8-15)26-12-19(9-16(21)17(22)10-19)11-20-18(23)13-3-2-4-13/h5-8,13,16-17,21-22H,2-4,9-12H2,1H3,(H,20,23). The predicted molar refractivity (Wildman–Crippen MR) is 99.1 cm³/mol. The van der Waals surface area contributed by atoms with E-state index in [9.17, 15) is 23.4 Å². The summed E-state index contributed by atoms with van der Waals surface area (Å²) in [4.78, 5) is 12.4. The molecule has 0 aromatic heterocycles. The fraction of sp³-hybridized carbons (Fsp3) is 0.632. The van der Waals surface area contributed by atoms with Gasteiger partial charge in [0.1, 0.15) is 5.75 Å². The Kier molecular flexibility index (Phi) is 5.79. The second-order valence-electron chi connectivity index (χ2n) is 7.92. The van der Waals surface area contributed by atoms with Crippen LogP contribution in [0.1, 0.15) is 32.1 Å². The molecule has 2 atom stereocenters. The quantitative estimate of drug-likeness (QED) is 0.630. The van der Waals surface area contributed by atoms with E-state index in [0.29, 0.717) is 25.1 Å². The van der Waals surface area contributed by atoms with Gasteiger partial charge < -0.3 is 20.3 Å². The van der Waals surface area contributed by atoms with Crippen LogP contribution in [0, 0.1) is 11.3 Å². The van der Waals surface area contributed by atoms with Gasteiger partial charge in [-0.05, 0) is 49.9 Å². The lowest BCUT2D eigenvalue weighted by molar-refractivity contribution is -0.128. The molecule has 2 aliphatic rings. The zero-order valence-corrected chi connectivity index (χ0v) is 16.2. The molecule has 7 nitrogen and oxygen atoms in total. The number of amides is 1. The highest BCUT2D eigenvalue weighted by molar-refractivity contribution is 7.90. The van der Waals surface area contributed by atoms with Crippen LogP contribution in [-0.2, 0) is 14.6 Å². The van der Waals surface area contributed by atoms with Crippen LogP contribution < -0.4 is 10.1 Å². The van der Waals surface area contributed by atoms with Crippen molar-refractivity contribution in [1.29, 1.82) is 0 Å². The number of hydrogen-bond acceptors (Lipinski definition) is 6. The molecule has 2 fully saturated rings. The average molecular weight is 397 g/mol. The Balaban J connectivity index is 1.64. The predicted octanol–water partition coefficient (Wildman–Crippen LogP) is 0.887. The molecule has 0 saturated heterocycles. The molecule has 2 saturated carbocycles. The van der Waals surface area contributed by atoms with E-state index in [1.165, 1.54) is 12.1 Å². The number of carbonyl (C=O) groups is 1. The van der Waals surface area contributed by atoms with Gasteiger partial charge in [-0.1, -0.05) is 6.42 Å². The van der Waals surface area contributed by atoms with Crippen LogP contribution in [0.4, 0.5) is 0 Å². The Morgan fingerprint density at radius 1 is 1.19 bits per heavy atom. The van der Waals surface area contributed by atoms with E-state index in [4.69, 9.17) is 4.74 Å². The fourth-order valence-electron chi connectivity index (χ4n) is 3.66. The van der Waals surface area contributed by atoms with Crippen molar-refractivity contribution in [2.45, 2.75) is 49.2 Å². The molecule has 3 rings (SSSR count). The van der Waals surface area contributed by atoms with Gasteiger partial charge in [-0.3, -0.25) is 4.79 Å². The van der Waals surface area contributed by atoms with Crippen LogP contribution in [0.2, 0.25) is 0 Å². The van der Waals surface area contributed by atoms with Crippen molar-refractivity contribution in [3.63, 3.8) is 0 Å². The molecule has 0 aliphatic heterocycles. The van der Waals surface area contributed by atoms with E-state index in [2.05, 4.69) is 5.32 Å². The molecule has 0 bridgehead atoms. The smallest absolute Gasteiger partial charge is 0.223 e. The molecule has 2 aliphatic carbocycles. The van der Waals surface area contributed by atoms with Gasteiger partial charge in [0.05, 0.1) is 23.7 Å². The monoisotopic (exact) mass is 397 g/mol. The molecule has 0 spiro atoms. The Hall–Kier alpha value is -1.64. The van der Waals surface area contributed by atoms with Crippen molar-refractivity contribution in [3.8, 4) is 5.75 Å². The van der Waals surface area contributed by atoms with Crippen molar-refractivity contribution >= 4 is 15.7 Å². The minimum atomic E-state index is -3.27. The number of nitrogens with one attached hydrogen (secondary N) is 1. The molecule has 8 heteroatoms. The van der Waals surface area contributed by atoms with E-state index in [1.807, 2.05) is 0 Å². The number of rotatable bonds is 7. The highest BCUT2D eigenvalue weighted by Crippen LogP contribution is 2.39. The summed E-state index contributed by atoms with van der Waals surface area (Å²) in [7, 11) is -3.27. The third kappa shape index (κ3) is 4.80. The number of ether oxygens (including phenoxy) is 1. The van der Waals surface area contributed by atoms with Crippen molar-refractivity contribution in [3.05, 3.63) is 24.3 Å². The molecule has 1 aromatic carbocycles. The van der Waals surface area contributed by atoms with Gasteiger partial charge in [0.2, 0.25) is 5.91 Å². The van der Waals surface area contributed by atoms with Crippen molar-refractivity contribution < 1.29 is 28.2 Å². The van der Waals surface area contributed by atoms with E-state index in [0.717, 1.165) is 25.5 Å². The summed E-state index contributed by atoms with van der Waals surface area (Å²) in [6.45, 7) is 0.544. The van der Waals surface area contributed by atoms with Gasteiger partial charge in [-0.25, -0.2) is 8.42 Å². The Morgan fingerprint density at radius 3 is 2.26 bits per heavy atom. The topological polar surface area (TPSA) is 113 Å². The molecule has 0 heterocycles. The molecular formula is C19H27NO6S. The highest BCUT2D eigenvalue weighted by Gasteiger charge is 2.45. The first kappa shape index (κ1) is 20.1. The van der Waals surface area contributed by atoms with Gasteiger partial charge in [0, 0.05) is 24.1 Å². The van der Waals surface area contributed by atoms with E-state index in [-0.39, 0.29) is 23.3 Å². The molecule has 150 valence electrons. The average Bonchev–Trinajstić information content (AvgIpc) is 2.84. The zero-order valence-electron chi connectivity index (χ0n) is 15.4. The van der Waals surface area contributed by atoms with Crippen LogP contribution in [0.5, 0.6) is 5.75 Å². The summed E-state index contributed by atoms with van der Waals surface area (Å²) < 4.78 is 28.9. The molecule has 0 radical (unpaired) electrons. The van der Waals surface area contributed by atoms with Crippen LogP contribution in [-0.4, -0.2) is 56.2 Å². The molecule has 27 heavy (non-hydrogen) atoms. The van der Waals surface area contributed by atoms with Crippen LogP contribution in [0.3, 0.4) is 0 Å². The van der Waals surface area contributed by atoms with E-state index >= 15 is 0 Å². The fourth-order valence-corrected chi connectivity index (χ4v) is 4.30. The molecule has 3 N–H and O–H groups in total. The summed E-state index contributed by atoms with van der Waals surface area (Å²) in [5.74, 6) is 0.597. The largest absolute Gasteiger partial charge is 0.493 e. The van der Waals surface area contributed by atoms with Gasteiger partial charge in [-0.2, -0.15) is 0 Å². The third-order valence-corrected chi connectivity index (χ3v) is 6.77. The Bertz CT molecular complexity index is 762. The molecule has 2 unspecified atom stereocenters. The number of aliphatic hydroxyl groups excluding tert-OH is 2. The van der Waals surface area contributed by atoms with Gasteiger partial charge in [0.25, 0.3) is 0 Å². The summed E-state index contributed by atoms with van der Waals surface area (Å²) in [5.41, 5.74) is -0.562. The lowest BCUT2D eigenvalue weighted by Crippen LogP contribution is -2.43. The normalized spacial score (nSPS) is 28.6. The summed E-state index contributed by atoms with van der Waals surface area (Å²) in [5, 5.41) is 23.0. The highest BCUT2D eigenvalue weighted by atomic mass is 32.2. The van der Waals surface area contributed by atoms with E-state index in [1.54, 1.807) is 12.1 Å². The van der Waals surface area contributed by atoms with Crippen LogP contribution >= 0.6 is 0 Å². The number of hydrogen-bond donors (Lipinski definition) is 3. The SMILES string of the molecule is CS(=O)(=O)c1ccc(OCC2(CNC(=O)C3CCC3)CC(O)C(O)C2)cc1. The number of sulfone groups is 1. The van der Waals surface area contributed by atoms with Crippen LogP contribution in [0.25, 0.3) is 0 Å². The lowest BCUT2D eigenvalue weighted by atomic mass is 9.83. The van der Waals surface area contributed by atoms with Gasteiger partial charge >= 0.3 is 0 Å². The van der Waals surface area contributed by atoms with Crippen molar-refractivity contribution in [1.82, 2.24) is 5.32 Å². The van der Waals surface area contributed by atoms with Gasteiger partial charge in [0.15, 0.2) is 9.84 Å². The first-order valence-corrected chi connectivity index (χ1v) is 11.1. The summed E-state index contributed by atoms with van der Waals surface area (Å²) >= 11 is 0. The summed E-state index contributed by atoms with van der Waals surface area (Å²) in [6.07, 6.45) is 3.02. The maximum atomic E-state index is 12.2. The minimum Gasteiger partial charge on any atom is -0.493 e. The first-order chi connectivity index (χ1) is 12.7. The Morgan fingerprint density at radius 2 is 1.78 bits per heavy atom. The van der Waals surface area contributed by atoms with Crippen molar-refractivity contribution in [2.24, 2.45) is 11.3 Å². The maximum absolute atomic E-state index is 12.2.